The molecule has 0 saturated heterocycles. The van der Waals surface area contributed by atoms with E-state index in [4.69, 9.17) is 16.3 Å². The van der Waals surface area contributed by atoms with Crippen LogP contribution in [0.15, 0.2) is 18.2 Å². The molecule has 6 heteroatoms. The molecule has 104 valence electrons. The smallest absolute Gasteiger partial charge is 0.229 e. The van der Waals surface area contributed by atoms with Crippen molar-refractivity contribution in [2.75, 3.05) is 25.6 Å². The summed E-state index contributed by atoms with van der Waals surface area (Å²) < 4.78 is 5.79. The van der Waals surface area contributed by atoms with E-state index in [9.17, 15) is 0 Å². The first-order chi connectivity index (χ1) is 9.65. The largest absolute Gasteiger partial charge is 0.493 e. The van der Waals surface area contributed by atoms with Gasteiger partial charge in [0.15, 0.2) is 5.82 Å². The highest BCUT2D eigenvalue weighted by molar-refractivity contribution is 6.28. The first-order valence-electron chi connectivity index (χ1n) is 6.49. The number of ether oxygens (including phenoxy) is 1. The topological polar surface area (TPSA) is 51.1 Å². The SMILES string of the molecule is CN(C)c1nc(Cl)nc(-c2cccc3c2OCCC3)n1. The standard InChI is InChI=1S/C14H15ClN4O/c1-19(2)14-17-12(16-13(15)18-14)10-7-3-5-9-6-4-8-20-11(9)10/h3,5,7H,4,6,8H2,1-2H3. The quantitative estimate of drug-likeness (QED) is 0.851. The lowest BCUT2D eigenvalue weighted by Crippen LogP contribution is -2.14. The van der Waals surface area contributed by atoms with Gasteiger partial charge in [0.25, 0.3) is 0 Å². The van der Waals surface area contributed by atoms with Gasteiger partial charge in [-0.2, -0.15) is 15.0 Å². The van der Waals surface area contributed by atoms with E-state index in [2.05, 4.69) is 21.0 Å². The van der Waals surface area contributed by atoms with Gasteiger partial charge in [-0.1, -0.05) is 12.1 Å². The molecule has 3 rings (SSSR count). The van der Waals surface area contributed by atoms with Crippen molar-refractivity contribution in [1.82, 2.24) is 15.0 Å². The number of benzene rings is 1. The predicted octanol–water partition coefficient (Wildman–Crippen LogP) is 2.58. The summed E-state index contributed by atoms with van der Waals surface area (Å²) >= 11 is 6.00. The van der Waals surface area contributed by atoms with E-state index >= 15 is 0 Å². The van der Waals surface area contributed by atoms with Gasteiger partial charge in [-0.05, 0) is 36.1 Å². The van der Waals surface area contributed by atoms with Crippen molar-refractivity contribution in [3.63, 3.8) is 0 Å². The number of halogens is 1. The minimum atomic E-state index is 0.187. The van der Waals surface area contributed by atoms with Crippen LogP contribution in [-0.2, 0) is 6.42 Å². The zero-order valence-corrected chi connectivity index (χ0v) is 12.2. The van der Waals surface area contributed by atoms with Crippen molar-refractivity contribution >= 4 is 17.5 Å². The Bertz CT molecular complexity index is 645. The van der Waals surface area contributed by atoms with Gasteiger partial charge >= 0.3 is 0 Å². The predicted molar refractivity (Wildman–Crippen MR) is 78.4 cm³/mol. The molecule has 1 aromatic heterocycles. The molecule has 0 N–H and O–H groups in total. The molecule has 0 bridgehead atoms. The van der Waals surface area contributed by atoms with Gasteiger partial charge in [0.05, 0.1) is 12.2 Å². The summed E-state index contributed by atoms with van der Waals surface area (Å²) in [4.78, 5) is 14.6. The van der Waals surface area contributed by atoms with E-state index < -0.39 is 0 Å². The van der Waals surface area contributed by atoms with Crippen LogP contribution < -0.4 is 9.64 Å². The van der Waals surface area contributed by atoms with Crippen LogP contribution in [0.3, 0.4) is 0 Å². The Labute approximate surface area is 122 Å². The van der Waals surface area contributed by atoms with Crippen LogP contribution in [0.4, 0.5) is 5.95 Å². The van der Waals surface area contributed by atoms with Gasteiger partial charge < -0.3 is 9.64 Å². The Morgan fingerprint density at radius 2 is 2.05 bits per heavy atom. The second-order valence-corrected chi connectivity index (χ2v) is 5.21. The van der Waals surface area contributed by atoms with Crippen molar-refractivity contribution in [2.24, 2.45) is 0 Å². The second kappa shape index (κ2) is 5.25. The lowest BCUT2D eigenvalue weighted by atomic mass is 10.0. The number of anilines is 1. The van der Waals surface area contributed by atoms with E-state index in [1.165, 1.54) is 5.56 Å². The summed E-state index contributed by atoms with van der Waals surface area (Å²) in [5.74, 6) is 1.95. The van der Waals surface area contributed by atoms with Crippen molar-refractivity contribution in [1.29, 1.82) is 0 Å². The molecule has 5 nitrogen and oxygen atoms in total. The Morgan fingerprint density at radius 1 is 1.20 bits per heavy atom. The highest BCUT2D eigenvalue weighted by Crippen LogP contribution is 2.35. The Hall–Kier alpha value is -1.88. The van der Waals surface area contributed by atoms with Crippen molar-refractivity contribution in [3.8, 4) is 17.1 Å². The van der Waals surface area contributed by atoms with Crippen LogP contribution >= 0.6 is 11.6 Å². The molecule has 0 spiro atoms. The normalized spacial score (nSPS) is 13.6. The molecule has 0 radical (unpaired) electrons. The summed E-state index contributed by atoms with van der Waals surface area (Å²) in [7, 11) is 3.73. The number of nitrogens with zero attached hydrogens (tertiary/aromatic N) is 4. The van der Waals surface area contributed by atoms with E-state index in [0.717, 1.165) is 30.8 Å². The molecule has 2 heterocycles. The molecule has 1 aliphatic heterocycles. The van der Waals surface area contributed by atoms with Crippen LogP contribution in [0, 0.1) is 0 Å². The van der Waals surface area contributed by atoms with Crippen LogP contribution in [-0.4, -0.2) is 35.7 Å². The monoisotopic (exact) mass is 290 g/mol. The first kappa shape index (κ1) is 13.1. The maximum Gasteiger partial charge on any atom is 0.229 e. The molecule has 0 fully saturated rings. The number of para-hydroxylation sites is 1. The lowest BCUT2D eigenvalue weighted by molar-refractivity contribution is 0.289. The fourth-order valence-electron chi connectivity index (χ4n) is 2.23. The first-order valence-corrected chi connectivity index (χ1v) is 6.87. The number of aryl methyl sites for hydroxylation is 1. The third kappa shape index (κ3) is 2.41. The van der Waals surface area contributed by atoms with Gasteiger partial charge in [0, 0.05) is 14.1 Å². The van der Waals surface area contributed by atoms with E-state index in [1.807, 2.05) is 26.2 Å². The summed E-state index contributed by atoms with van der Waals surface area (Å²) in [6, 6.07) is 6.03. The molecule has 0 unspecified atom stereocenters. The second-order valence-electron chi connectivity index (χ2n) is 4.87. The number of rotatable bonds is 2. The third-order valence-corrected chi connectivity index (χ3v) is 3.34. The molecule has 20 heavy (non-hydrogen) atoms. The molecule has 2 aromatic rings. The van der Waals surface area contributed by atoms with Crippen LogP contribution in [0.1, 0.15) is 12.0 Å². The fraction of sp³-hybridized carbons (Fsp3) is 0.357. The van der Waals surface area contributed by atoms with E-state index in [0.29, 0.717) is 11.8 Å². The minimum absolute atomic E-state index is 0.187. The van der Waals surface area contributed by atoms with Crippen LogP contribution in [0.25, 0.3) is 11.4 Å². The van der Waals surface area contributed by atoms with Gasteiger partial charge in [0.1, 0.15) is 5.75 Å². The maximum absolute atomic E-state index is 6.00. The zero-order chi connectivity index (χ0) is 14.1. The van der Waals surface area contributed by atoms with Crippen molar-refractivity contribution in [2.45, 2.75) is 12.8 Å². The molecule has 1 aromatic carbocycles. The van der Waals surface area contributed by atoms with Gasteiger partial charge in [0.2, 0.25) is 11.2 Å². The average molecular weight is 291 g/mol. The fourth-order valence-corrected chi connectivity index (χ4v) is 2.38. The van der Waals surface area contributed by atoms with Gasteiger partial charge in [-0.25, -0.2) is 0 Å². The molecule has 0 saturated carbocycles. The molecule has 0 amide bonds. The summed E-state index contributed by atoms with van der Waals surface area (Å²) in [6.45, 7) is 0.726. The molecular weight excluding hydrogens is 276 g/mol. The highest BCUT2D eigenvalue weighted by atomic mass is 35.5. The summed E-state index contributed by atoms with van der Waals surface area (Å²) in [5, 5.41) is 0.187. The summed E-state index contributed by atoms with van der Waals surface area (Å²) in [6.07, 6.45) is 2.06. The molecule has 1 aliphatic rings. The number of aromatic nitrogens is 3. The Balaban J connectivity index is 2.14. The number of hydrogen-bond acceptors (Lipinski definition) is 5. The highest BCUT2D eigenvalue weighted by Gasteiger charge is 2.18. The Morgan fingerprint density at radius 3 is 2.85 bits per heavy atom. The van der Waals surface area contributed by atoms with Gasteiger partial charge in [-0.3, -0.25) is 0 Å². The van der Waals surface area contributed by atoms with Crippen LogP contribution in [0.2, 0.25) is 5.28 Å². The van der Waals surface area contributed by atoms with Crippen LogP contribution in [0.5, 0.6) is 5.75 Å². The Kier molecular flexibility index (Phi) is 3.44. The average Bonchev–Trinajstić information content (AvgIpc) is 2.46. The third-order valence-electron chi connectivity index (χ3n) is 3.17. The molecule has 0 atom stereocenters. The van der Waals surface area contributed by atoms with Gasteiger partial charge in [-0.15, -0.1) is 0 Å². The summed E-state index contributed by atoms with van der Waals surface area (Å²) in [5.41, 5.74) is 2.06. The van der Waals surface area contributed by atoms with Crippen molar-refractivity contribution < 1.29 is 4.74 Å². The van der Waals surface area contributed by atoms with E-state index in [1.54, 1.807) is 4.90 Å². The lowest BCUT2D eigenvalue weighted by Gasteiger charge is -2.20. The van der Waals surface area contributed by atoms with Crippen molar-refractivity contribution in [3.05, 3.63) is 29.0 Å². The van der Waals surface area contributed by atoms with E-state index in [-0.39, 0.29) is 5.28 Å². The number of fused-ring (bicyclic) bond motifs is 1. The minimum Gasteiger partial charge on any atom is -0.493 e. The maximum atomic E-state index is 6.00. The zero-order valence-electron chi connectivity index (χ0n) is 11.4. The number of hydrogen-bond donors (Lipinski definition) is 0. The molecular formula is C14H15ClN4O. The molecule has 0 aliphatic carbocycles.